The van der Waals surface area contributed by atoms with Gasteiger partial charge in [-0.05, 0) is 18.8 Å². The molecule has 0 amide bonds. The zero-order valence-electron chi connectivity index (χ0n) is 9.18. The van der Waals surface area contributed by atoms with Crippen LogP contribution in [0.4, 0.5) is 0 Å². The van der Waals surface area contributed by atoms with E-state index in [-0.39, 0.29) is 0 Å². The molecule has 2 unspecified atom stereocenters. The summed E-state index contributed by atoms with van der Waals surface area (Å²) >= 11 is 0. The number of rotatable bonds is 5. The Balaban J connectivity index is 2.10. The largest absolute Gasteiger partial charge is 0.377 e. The van der Waals surface area contributed by atoms with Gasteiger partial charge in [-0.1, -0.05) is 27.2 Å². The summed E-state index contributed by atoms with van der Waals surface area (Å²) in [6, 6.07) is 0.710. The van der Waals surface area contributed by atoms with Crippen LogP contribution in [0.5, 0.6) is 0 Å². The Labute approximate surface area is 82.0 Å². The smallest absolute Gasteiger partial charge is 0.0714 e. The first-order chi connectivity index (χ1) is 6.22. The van der Waals surface area contributed by atoms with Crippen LogP contribution in [0, 0.1) is 5.92 Å². The lowest BCUT2D eigenvalue weighted by atomic mass is 10.1. The number of hydrogen-bond donors (Lipinski definition) is 1. The van der Waals surface area contributed by atoms with E-state index in [1.165, 1.54) is 19.3 Å². The van der Waals surface area contributed by atoms with Crippen molar-refractivity contribution in [3.8, 4) is 0 Å². The molecule has 0 bridgehead atoms. The second-order valence-corrected chi connectivity index (χ2v) is 4.48. The first-order valence-electron chi connectivity index (χ1n) is 5.57. The maximum Gasteiger partial charge on any atom is 0.0714 e. The molecule has 13 heavy (non-hydrogen) atoms. The van der Waals surface area contributed by atoms with Crippen LogP contribution < -0.4 is 5.32 Å². The highest BCUT2D eigenvalue weighted by Crippen LogP contribution is 2.15. The lowest BCUT2D eigenvalue weighted by Crippen LogP contribution is -2.21. The van der Waals surface area contributed by atoms with Gasteiger partial charge in [0.1, 0.15) is 0 Å². The van der Waals surface area contributed by atoms with Crippen molar-refractivity contribution in [1.82, 2.24) is 5.32 Å². The molecule has 1 aliphatic heterocycles. The van der Waals surface area contributed by atoms with Crippen LogP contribution >= 0.6 is 0 Å². The molecule has 1 saturated heterocycles. The van der Waals surface area contributed by atoms with Crippen LogP contribution in [-0.4, -0.2) is 25.3 Å². The van der Waals surface area contributed by atoms with Crippen LogP contribution in [0.25, 0.3) is 0 Å². The van der Waals surface area contributed by atoms with Gasteiger partial charge in [-0.2, -0.15) is 0 Å². The molecule has 0 aromatic rings. The predicted molar refractivity (Wildman–Crippen MR) is 55.9 cm³/mol. The van der Waals surface area contributed by atoms with Gasteiger partial charge in [-0.15, -0.1) is 0 Å². The Bertz CT molecular complexity index is 136. The van der Waals surface area contributed by atoms with Crippen molar-refractivity contribution in [2.75, 3.05) is 13.2 Å². The van der Waals surface area contributed by atoms with Crippen molar-refractivity contribution in [3.05, 3.63) is 0 Å². The fraction of sp³-hybridized carbons (Fsp3) is 1.00. The van der Waals surface area contributed by atoms with E-state index in [4.69, 9.17) is 4.74 Å². The van der Waals surface area contributed by atoms with Gasteiger partial charge in [-0.3, -0.25) is 0 Å². The molecule has 0 aliphatic carbocycles. The van der Waals surface area contributed by atoms with E-state index in [1.54, 1.807) is 0 Å². The maximum atomic E-state index is 5.78. The molecule has 78 valence electrons. The molecule has 2 nitrogen and oxygen atoms in total. The van der Waals surface area contributed by atoms with Crippen molar-refractivity contribution in [2.45, 2.75) is 52.2 Å². The molecule has 2 heteroatoms. The molecule has 0 aromatic heterocycles. The topological polar surface area (TPSA) is 21.3 Å². The standard InChI is InChI=1S/C11H23NO/c1-4-5-10-6-11(7-12-10)13-8-9(2)3/h9-12H,4-8H2,1-3H3. The molecular weight excluding hydrogens is 162 g/mol. The zero-order chi connectivity index (χ0) is 9.68. The van der Waals surface area contributed by atoms with Gasteiger partial charge >= 0.3 is 0 Å². The van der Waals surface area contributed by atoms with Crippen molar-refractivity contribution in [1.29, 1.82) is 0 Å². The van der Waals surface area contributed by atoms with Gasteiger partial charge in [0.25, 0.3) is 0 Å². The average Bonchev–Trinajstić information content (AvgIpc) is 2.50. The second kappa shape index (κ2) is 5.61. The lowest BCUT2D eigenvalue weighted by Gasteiger charge is -2.12. The number of nitrogens with one attached hydrogen (secondary N) is 1. The van der Waals surface area contributed by atoms with Gasteiger partial charge in [0.05, 0.1) is 6.10 Å². The molecule has 0 aromatic carbocycles. The zero-order valence-corrected chi connectivity index (χ0v) is 9.18. The minimum absolute atomic E-state index is 0.471. The Morgan fingerprint density at radius 2 is 2.23 bits per heavy atom. The van der Waals surface area contributed by atoms with Crippen LogP contribution in [0.15, 0.2) is 0 Å². The summed E-state index contributed by atoms with van der Waals surface area (Å²) in [5, 5.41) is 3.51. The maximum absolute atomic E-state index is 5.78. The predicted octanol–water partition coefficient (Wildman–Crippen LogP) is 2.19. The first-order valence-corrected chi connectivity index (χ1v) is 5.57. The molecule has 0 saturated carbocycles. The van der Waals surface area contributed by atoms with E-state index in [1.807, 2.05) is 0 Å². The third kappa shape index (κ3) is 4.10. The normalized spacial score (nSPS) is 28.6. The molecule has 0 radical (unpaired) electrons. The Morgan fingerprint density at radius 1 is 1.46 bits per heavy atom. The highest BCUT2D eigenvalue weighted by molar-refractivity contribution is 4.81. The summed E-state index contributed by atoms with van der Waals surface area (Å²) in [5.74, 6) is 0.658. The third-order valence-electron chi connectivity index (χ3n) is 2.48. The molecule has 1 fully saturated rings. The van der Waals surface area contributed by atoms with Gasteiger partial charge < -0.3 is 10.1 Å². The fourth-order valence-corrected chi connectivity index (χ4v) is 1.81. The van der Waals surface area contributed by atoms with E-state index in [2.05, 4.69) is 26.1 Å². The van der Waals surface area contributed by atoms with E-state index in [0.717, 1.165) is 13.2 Å². The molecule has 0 spiro atoms. The molecule has 1 N–H and O–H groups in total. The summed E-state index contributed by atoms with van der Waals surface area (Å²) < 4.78 is 5.78. The summed E-state index contributed by atoms with van der Waals surface area (Å²) in [4.78, 5) is 0. The SMILES string of the molecule is CCCC1CC(OCC(C)C)CN1. The Kier molecular flexibility index (Phi) is 4.74. The summed E-state index contributed by atoms with van der Waals surface area (Å²) in [6.45, 7) is 8.60. The molecule has 1 aliphatic rings. The fourth-order valence-electron chi connectivity index (χ4n) is 1.81. The molecule has 1 heterocycles. The van der Waals surface area contributed by atoms with E-state index >= 15 is 0 Å². The quantitative estimate of drug-likeness (QED) is 0.709. The van der Waals surface area contributed by atoms with Crippen molar-refractivity contribution >= 4 is 0 Å². The van der Waals surface area contributed by atoms with Crippen LogP contribution in [0.1, 0.15) is 40.0 Å². The number of hydrogen-bond acceptors (Lipinski definition) is 2. The van der Waals surface area contributed by atoms with Crippen molar-refractivity contribution in [2.24, 2.45) is 5.92 Å². The first kappa shape index (κ1) is 11.0. The van der Waals surface area contributed by atoms with Crippen molar-refractivity contribution in [3.63, 3.8) is 0 Å². The second-order valence-electron chi connectivity index (χ2n) is 4.48. The minimum Gasteiger partial charge on any atom is -0.377 e. The summed E-state index contributed by atoms with van der Waals surface area (Å²) in [7, 11) is 0. The van der Waals surface area contributed by atoms with Crippen LogP contribution in [-0.2, 0) is 4.74 Å². The van der Waals surface area contributed by atoms with Gasteiger partial charge in [0.15, 0.2) is 0 Å². The number of ether oxygens (including phenoxy) is 1. The van der Waals surface area contributed by atoms with Crippen LogP contribution in [0.3, 0.4) is 0 Å². The van der Waals surface area contributed by atoms with Crippen LogP contribution in [0.2, 0.25) is 0 Å². The Hall–Kier alpha value is -0.0800. The van der Waals surface area contributed by atoms with Gasteiger partial charge in [0.2, 0.25) is 0 Å². The molecular formula is C11H23NO. The van der Waals surface area contributed by atoms with E-state index < -0.39 is 0 Å². The highest BCUT2D eigenvalue weighted by Gasteiger charge is 2.23. The summed E-state index contributed by atoms with van der Waals surface area (Å²) in [5.41, 5.74) is 0. The Morgan fingerprint density at radius 3 is 2.85 bits per heavy atom. The van der Waals surface area contributed by atoms with Crippen molar-refractivity contribution < 1.29 is 4.74 Å². The highest BCUT2D eigenvalue weighted by atomic mass is 16.5. The average molecular weight is 185 g/mol. The van der Waals surface area contributed by atoms with Gasteiger partial charge in [0, 0.05) is 19.2 Å². The molecule has 2 atom stereocenters. The third-order valence-corrected chi connectivity index (χ3v) is 2.48. The van der Waals surface area contributed by atoms with E-state index in [0.29, 0.717) is 18.1 Å². The van der Waals surface area contributed by atoms with Gasteiger partial charge in [-0.25, -0.2) is 0 Å². The minimum atomic E-state index is 0.471. The molecule has 1 rings (SSSR count). The summed E-state index contributed by atoms with van der Waals surface area (Å²) in [6.07, 6.45) is 4.25. The monoisotopic (exact) mass is 185 g/mol. The van der Waals surface area contributed by atoms with E-state index in [9.17, 15) is 0 Å². The lowest BCUT2D eigenvalue weighted by molar-refractivity contribution is 0.0470.